The number of carboxylic acid groups (broad SMARTS) is 1. The van der Waals surface area contributed by atoms with E-state index in [4.69, 9.17) is 39.9 Å². The van der Waals surface area contributed by atoms with Crippen molar-refractivity contribution in [1.29, 1.82) is 0 Å². The molecule has 20 heavy (non-hydrogen) atoms. The fraction of sp³-hybridized carbons (Fsp3) is 0.933. The van der Waals surface area contributed by atoms with Crippen molar-refractivity contribution in [2.75, 3.05) is 0 Å². The molecule has 1 N–H and O–H groups in total. The Morgan fingerprint density at radius 1 is 0.950 bits per heavy atom. The third kappa shape index (κ3) is 4.42. The molecule has 2 aliphatic rings. The molecule has 0 heterocycles. The number of aliphatic carboxylic acids is 1. The molecule has 0 radical (unpaired) electrons. The van der Waals surface area contributed by atoms with Gasteiger partial charge in [-0.25, -0.2) is 0 Å². The van der Waals surface area contributed by atoms with Gasteiger partial charge in [0.15, 0.2) is 0 Å². The molecule has 0 amide bonds. The molecule has 0 aromatic rings. The maximum absolute atomic E-state index is 10.6. The minimum atomic E-state index is -0.682. The second-order valence-corrected chi connectivity index (χ2v) is 8.08. The first-order valence-corrected chi connectivity index (χ1v) is 8.92. The van der Waals surface area contributed by atoms with Gasteiger partial charge in [-0.05, 0) is 49.9 Å². The van der Waals surface area contributed by atoms with Crippen molar-refractivity contribution in [1.82, 2.24) is 0 Å². The fourth-order valence-corrected chi connectivity index (χ4v) is 5.01. The zero-order valence-corrected chi connectivity index (χ0v) is 13.9. The van der Waals surface area contributed by atoms with Crippen LogP contribution in [0.1, 0.15) is 51.4 Å². The zero-order chi connectivity index (χ0) is 14.7. The highest BCUT2D eigenvalue weighted by Crippen LogP contribution is 2.44. The Hall–Kier alpha value is 0.340. The summed E-state index contributed by atoms with van der Waals surface area (Å²) >= 11 is 19.0. The molecule has 2 aliphatic carbocycles. The lowest BCUT2D eigenvalue weighted by Gasteiger charge is -2.41. The van der Waals surface area contributed by atoms with Gasteiger partial charge in [-0.2, -0.15) is 0 Å². The summed E-state index contributed by atoms with van der Waals surface area (Å²) < 4.78 is 0. The molecular formula is C15H23Cl3O2. The minimum absolute atomic E-state index is 0.00215. The van der Waals surface area contributed by atoms with Crippen molar-refractivity contribution in [3.05, 3.63) is 0 Å². The van der Waals surface area contributed by atoms with Crippen LogP contribution in [0.3, 0.4) is 0 Å². The van der Waals surface area contributed by atoms with Crippen molar-refractivity contribution in [3.8, 4) is 0 Å². The maximum Gasteiger partial charge on any atom is 0.303 e. The van der Waals surface area contributed by atoms with Crippen LogP contribution in [0.15, 0.2) is 0 Å². The number of hydrogen-bond acceptors (Lipinski definition) is 1. The fourth-order valence-electron chi connectivity index (χ4n) is 3.81. The average Bonchev–Trinajstić information content (AvgIpc) is 2.41. The van der Waals surface area contributed by atoms with Gasteiger partial charge >= 0.3 is 5.97 Å². The molecule has 0 aromatic carbocycles. The van der Waals surface area contributed by atoms with Gasteiger partial charge in [0.05, 0.1) is 10.8 Å². The Kier molecular flexibility index (Phi) is 6.31. The van der Waals surface area contributed by atoms with Gasteiger partial charge in [0.25, 0.3) is 0 Å². The lowest BCUT2D eigenvalue weighted by atomic mass is 9.70. The molecule has 2 saturated carbocycles. The van der Waals surface area contributed by atoms with Gasteiger partial charge in [-0.3, -0.25) is 4.79 Å². The third-order valence-electron chi connectivity index (χ3n) is 5.07. The van der Waals surface area contributed by atoms with Crippen LogP contribution in [-0.2, 0) is 4.79 Å². The lowest BCUT2D eigenvalue weighted by molar-refractivity contribution is -0.137. The number of alkyl halides is 3. The Labute approximate surface area is 136 Å². The normalized spacial score (nSPS) is 42.4. The monoisotopic (exact) mass is 340 g/mol. The number of hydrogen-bond donors (Lipinski definition) is 1. The topological polar surface area (TPSA) is 37.3 Å². The van der Waals surface area contributed by atoms with E-state index in [0.717, 1.165) is 44.9 Å². The average molecular weight is 342 g/mol. The van der Waals surface area contributed by atoms with Crippen LogP contribution in [0.2, 0.25) is 0 Å². The Balaban J connectivity index is 1.79. The summed E-state index contributed by atoms with van der Waals surface area (Å²) in [6, 6.07) is 0. The first-order chi connectivity index (χ1) is 9.47. The van der Waals surface area contributed by atoms with E-state index in [1.165, 1.54) is 0 Å². The van der Waals surface area contributed by atoms with E-state index in [2.05, 4.69) is 0 Å². The highest BCUT2D eigenvalue weighted by Gasteiger charge is 2.39. The predicted molar refractivity (Wildman–Crippen MR) is 84.0 cm³/mol. The SMILES string of the molecule is O=C(O)CCC1CCC(C2CC(Cl)C(Cl)CC2Cl)CC1. The number of rotatable bonds is 4. The summed E-state index contributed by atoms with van der Waals surface area (Å²) in [7, 11) is 0. The molecule has 0 aromatic heterocycles. The molecule has 116 valence electrons. The molecular weight excluding hydrogens is 319 g/mol. The van der Waals surface area contributed by atoms with Crippen LogP contribution in [-0.4, -0.2) is 27.2 Å². The Bertz CT molecular complexity index is 329. The smallest absolute Gasteiger partial charge is 0.303 e. The molecule has 0 spiro atoms. The molecule has 4 atom stereocenters. The summed E-state index contributed by atoms with van der Waals surface area (Å²) in [5.41, 5.74) is 0. The number of carboxylic acids is 1. The van der Waals surface area contributed by atoms with Crippen LogP contribution in [0.5, 0.6) is 0 Å². The van der Waals surface area contributed by atoms with Gasteiger partial charge in [0.1, 0.15) is 0 Å². The molecule has 2 rings (SSSR count). The quantitative estimate of drug-likeness (QED) is 0.739. The summed E-state index contributed by atoms with van der Waals surface area (Å²) in [5.74, 6) is 1.02. The molecule has 0 saturated heterocycles. The van der Waals surface area contributed by atoms with Crippen molar-refractivity contribution in [2.45, 2.75) is 67.5 Å². The molecule has 4 unspecified atom stereocenters. The summed E-state index contributed by atoms with van der Waals surface area (Å²) in [4.78, 5) is 10.6. The Morgan fingerprint density at radius 2 is 1.55 bits per heavy atom. The van der Waals surface area contributed by atoms with Gasteiger partial charge in [0.2, 0.25) is 0 Å². The summed E-state index contributed by atoms with van der Waals surface area (Å²) in [6.45, 7) is 0. The Morgan fingerprint density at radius 3 is 2.15 bits per heavy atom. The summed E-state index contributed by atoms with van der Waals surface area (Å²) in [5, 5.41) is 8.94. The van der Waals surface area contributed by atoms with Crippen LogP contribution < -0.4 is 0 Å². The molecule has 0 bridgehead atoms. The van der Waals surface area contributed by atoms with Crippen molar-refractivity contribution < 1.29 is 9.90 Å². The third-order valence-corrected chi connectivity index (χ3v) is 6.66. The van der Waals surface area contributed by atoms with Crippen molar-refractivity contribution >= 4 is 40.8 Å². The lowest BCUT2D eigenvalue weighted by Crippen LogP contribution is -2.39. The van der Waals surface area contributed by atoms with Crippen LogP contribution in [0, 0.1) is 17.8 Å². The molecule has 2 nitrogen and oxygen atoms in total. The van der Waals surface area contributed by atoms with E-state index < -0.39 is 5.97 Å². The first kappa shape index (κ1) is 16.7. The van der Waals surface area contributed by atoms with Crippen molar-refractivity contribution in [3.63, 3.8) is 0 Å². The molecule has 5 heteroatoms. The van der Waals surface area contributed by atoms with E-state index >= 15 is 0 Å². The van der Waals surface area contributed by atoms with Crippen LogP contribution in [0.4, 0.5) is 0 Å². The van der Waals surface area contributed by atoms with Crippen LogP contribution in [0.25, 0.3) is 0 Å². The van der Waals surface area contributed by atoms with Gasteiger partial charge < -0.3 is 5.11 Å². The summed E-state index contributed by atoms with van der Waals surface area (Å²) in [6.07, 6.45) is 7.44. The largest absolute Gasteiger partial charge is 0.481 e. The maximum atomic E-state index is 10.6. The number of carbonyl (C=O) groups is 1. The highest BCUT2D eigenvalue weighted by molar-refractivity contribution is 6.31. The molecule has 0 aliphatic heterocycles. The van der Waals surface area contributed by atoms with Gasteiger partial charge in [-0.1, -0.05) is 12.8 Å². The highest BCUT2D eigenvalue weighted by atomic mass is 35.5. The first-order valence-electron chi connectivity index (χ1n) is 7.61. The van der Waals surface area contributed by atoms with E-state index in [0.29, 0.717) is 24.2 Å². The standard InChI is InChI=1S/C15H23Cl3O2/c16-12-8-14(18)13(17)7-11(12)10-4-1-9(2-5-10)3-6-15(19)20/h9-14H,1-8H2,(H,19,20). The zero-order valence-electron chi connectivity index (χ0n) is 11.6. The van der Waals surface area contributed by atoms with E-state index in [9.17, 15) is 4.79 Å². The predicted octanol–water partition coefficient (Wildman–Crippen LogP) is 4.89. The second-order valence-electron chi connectivity index (χ2n) is 6.40. The number of halogens is 3. The van der Waals surface area contributed by atoms with Gasteiger partial charge in [0, 0.05) is 11.8 Å². The van der Waals surface area contributed by atoms with E-state index in [-0.39, 0.29) is 16.1 Å². The molecule has 2 fully saturated rings. The van der Waals surface area contributed by atoms with Crippen LogP contribution >= 0.6 is 34.8 Å². The minimum Gasteiger partial charge on any atom is -0.481 e. The second kappa shape index (κ2) is 7.56. The van der Waals surface area contributed by atoms with Gasteiger partial charge in [-0.15, -0.1) is 34.8 Å². The van der Waals surface area contributed by atoms with E-state index in [1.54, 1.807) is 0 Å². The van der Waals surface area contributed by atoms with E-state index in [1.807, 2.05) is 0 Å². The van der Waals surface area contributed by atoms with Crippen molar-refractivity contribution in [2.24, 2.45) is 17.8 Å².